The first kappa shape index (κ1) is 12.0. The number of anilines is 1. The quantitative estimate of drug-likeness (QED) is 0.581. The molecule has 1 heterocycles. The van der Waals surface area contributed by atoms with Gasteiger partial charge in [0.05, 0.1) is 0 Å². The predicted molar refractivity (Wildman–Crippen MR) is 81.1 cm³/mol. The van der Waals surface area contributed by atoms with Crippen molar-refractivity contribution < 1.29 is 0 Å². The van der Waals surface area contributed by atoms with E-state index in [0.29, 0.717) is 5.95 Å². The Bertz CT molecular complexity index is 477. The van der Waals surface area contributed by atoms with Crippen molar-refractivity contribution in [3.05, 3.63) is 48.9 Å². The molecule has 0 fully saturated rings. The van der Waals surface area contributed by atoms with Crippen molar-refractivity contribution in [1.29, 1.82) is 0 Å². The Hall–Kier alpha value is -0.440. The molecule has 82 valence electrons. The van der Waals surface area contributed by atoms with Gasteiger partial charge >= 0.3 is 0 Å². The van der Waals surface area contributed by atoms with Gasteiger partial charge in [0.15, 0.2) is 0 Å². The fourth-order valence-electron chi connectivity index (χ4n) is 1.39. The van der Waals surface area contributed by atoms with Crippen LogP contribution in [0.3, 0.4) is 0 Å². The second kappa shape index (κ2) is 5.26. The minimum atomic E-state index is 0.339. The molecular formula is C11H9I2N3. The lowest BCUT2D eigenvalue weighted by Crippen LogP contribution is -2.05. The molecule has 0 bridgehead atoms. The van der Waals surface area contributed by atoms with Gasteiger partial charge in [0.1, 0.15) is 7.40 Å². The van der Waals surface area contributed by atoms with Crippen LogP contribution in [0.1, 0.15) is 11.1 Å². The Balaban J connectivity index is 2.35. The molecule has 0 aliphatic heterocycles. The zero-order valence-corrected chi connectivity index (χ0v) is 12.6. The van der Waals surface area contributed by atoms with Gasteiger partial charge in [-0.1, -0.05) is 30.3 Å². The van der Waals surface area contributed by atoms with E-state index in [-0.39, 0.29) is 0 Å². The van der Waals surface area contributed by atoms with Crippen LogP contribution in [0.2, 0.25) is 0 Å². The smallest absolute Gasteiger partial charge is 0.222 e. The van der Waals surface area contributed by atoms with Gasteiger partial charge in [0.2, 0.25) is 5.95 Å². The van der Waals surface area contributed by atoms with E-state index < -0.39 is 0 Å². The van der Waals surface area contributed by atoms with Crippen molar-refractivity contribution in [1.82, 2.24) is 9.97 Å². The van der Waals surface area contributed by atoms with E-state index in [2.05, 4.69) is 67.3 Å². The number of hydrogen-bond donors (Lipinski definition) is 1. The van der Waals surface area contributed by atoms with Crippen LogP contribution in [0.25, 0.3) is 0 Å². The Morgan fingerprint density at radius 3 is 2.12 bits per heavy atom. The number of nitrogen functional groups attached to an aromatic ring is 1. The van der Waals surface area contributed by atoms with Crippen LogP contribution >= 0.6 is 45.2 Å². The summed E-state index contributed by atoms with van der Waals surface area (Å²) in [6, 6.07) is 10.3. The second-order valence-electron chi connectivity index (χ2n) is 3.30. The molecule has 0 unspecified atom stereocenters. The third kappa shape index (κ3) is 2.82. The molecule has 0 amide bonds. The molecule has 2 N–H and O–H groups in total. The Morgan fingerprint density at radius 2 is 1.56 bits per heavy atom. The maximum absolute atomic E-state index is 5.59. The molecule has 0 atom stereocenters. The topological polar surface area (TPSA) is 51.8 Å². The highest BCUT2D eigenvalue weighted by Gasteiger charge is 2.09. The molecule has 1 aromatic heterocycles. The molecule has 3 nitrogen and oxygen atoms in total. The normalized spacial score (nSPS) is 10.4. The fourth-order valence-corrected chi connectivity index (χ4v) is 3.29. The van der Waals surface area contributed by atoms with E-state index in [1.807, 2.05) is 18.2 Å². The van der Waals surface area contributed by atoms with E-state index in [1.165, 1.54) is 5.56 Å². The van der Waals surface area contributed by atoms with Crippen molar-refractivity contribution in [2.45, 2.75) is 6.42 Å². The van der Waals surface area contributed by atoms with Gasteiger partial charge in [0.25, 0.3) is 0 Å². The van der Waals surface area contributed by atoms with Gasteiger partial charge in [-0.25, -0.2) is 9.97 Å². The monoisotopic (exact) mass is 437 g/mol. The van der Waals surface area contributed by atoms with Crippen LogP contribution in [0.5, 0.6) is 0 Å². The number of benzene rings is 1. The number of rotatable bonds is 2. The number of hydrogen-bond acceptors (Lipinski definition) is 3. The van der Waals surface area contributed by atoms with Gasteiger partial charge in [-0.2, -0.15) is 0 Å². The predicted octanol–water partition coefficient (Wildman–Crippen LogP) is 2.86. The first-order chi connectivity index (χ1) is 7.66. The van der Waals surface area contributed by atoms with Crippen LogP contribution in [-0.4, -0.2) is 9.97 Å². The molecule has 0 spiro atoms. The summed E-state index contributed by atoms with van der Waals surface area (Å²) >= 11 is 4.41. The largest absolute Gasteiger partial charge is 0.368 e. The second-order valence-corrected chi connectivity index (χ2v) is 5.35. The third-order valence-corrected chi connectivity index (χ3v) is 3.93. The minimum Gasteiger partial charge on any atom is -0.368 e. The summed E-state index contributed by atoms with van der Waals surface area (Å²) in [5.74, 6) is 0.339. The van der Waals surface area contributed by atoms with Gasteiger partial charge in [-0.3, -0.25) is 0 Å². The van der Waals surface area contributed by atoms with E-state index in [1.54, 1.807) is 0 Å². The Labute approximate surface area is 121 Å². The first-order valence-electron chi connectivity index (χ1n) is 4.68. The molecule has 2 aromatic rings. The summed E-state index contributed by atoms with van der Waals surface area (Å²) in [6.45, 7) is 0. The van der Waals surface area contributed by atoms with Crippen LogP contribution in [0.15, 0.2) is 30.3 Å². The molecule has 0 aliphatic carbocycles. The molecule has 0 radical (unpaired) electrons. The zero-order valence-electron chi connectivity index (χ0n) is 8.32. The number of nitrogens with zero attached hydrogens (tertiary/aromatic N) is 2. The summed E-state index contributed by atoms with van der Waals surface area (Å²) in [5, 5.41) is 0. The molecule has 5 heteroatoms. The number of aromatic nitrogens is 2. The molecule has 0 saturated carbocycles. The third-order valence-electron chi connectivity index (χ3n) is 2.15. The van der Waals surface area contributed by atoms with Crippen molar-refractivity contribution in [2.24, 2.45) is 0 Å². The standard InChI is InChI=1S/C11H9I2N3/c12-9-8(10(13)16-11(14)15-9)6-7-4-2-1-3-5-7/h1-5H,6H2,(H2,14,15,16). The average molecular weight is 437 g/mol. The van der Waals surface area contributed by atoms with Crippen molar-refractivity contribution in [2.75, 3.05) is 5.73 Å². The first-order valence-corrected chi connectivity index (χ1v) is 6.84. The lowest BCUT2D eigenvalue weighted by Gasteiger charge is -2.07. The van der Waals surface area contributed by atoms with Crippen molar-refractivity contribution in [3.8, 4) is 0 Å². The lowest BCUT2D eigenvalue weighted by molar-refractivity contribution is 1.03. The van der Waals surface area contributed by atoms with E-state index in [9.17, 15) is 0 Å². The molecule has 0 saturated heterocycles. The Kier molecular flexibility index (Phi) is 3.95. The number of nitrogens with two attached hydrogens (primary N) is 1. The molecule has 1 aromatic carbocycles. The summed E-state index contributed by atoms with van der Waals surface area (Å²) < 4.78 is 1.86. The molecule has 0 aliphatic rings. The maximum Gasteiger partial charge on any atom is 0.222 e. The molecule has 2 rings (SSSR count). The van der Waals surface area contributed by atoms with Gasteiger partial charge in [-0.15, -0.1) is 0 Å². The lowest BCUT2D eigenvalue weighted by atomic mass is 10.1. The van der Waals surface area contributed by atoms with Crippen molar-refractivity contribution >= 4 is 51.1 Å². The molecule has 16 heavy (non-hydrogen) atoms. The van der Waals surface area contributed by atoms with Crippen LogP contribution in [0.4, 0.5) is 5.95 Å². The van der Waals surface area contributed by atoms with E-state index in [4.69, 9.17) is 5.73 Å². The van der Waals surface area contributed by atoms with E-state index in [0.717, 1.165) is 19.4 Å². The average Bonchev–Trinajstić information content (AvgIpc) is 2.25. The summed E-state index contributed by atoms with van der Waals surface area (Å²) in [6.07, 6.45) is 0.845. The maximum atomic E-state index is 5.59. The molecular weight excluding hydrogens is 428 g/mol. The highest BCUT2D eigenvalue weighted by Crippen LogP contribution is 2.20. The van der Waals surface area contributed by atoms with Gasteiger partial charge < -0.3 is 5.73 Å². The fraction of sp³-hybridized carbons (Fsp3) is 0.0909. The van der Waals surface area contributed by atoms with Crippen LogP contribution < -0.4 is 5.73 Å². The SMILES string of the molecule is Nc1nc(I)c(Cc2ccccc2)c(I)n1. The Morgan fingerprint density at radius 1 is 1.00 bits per heavy atom. The highest BCUT2D eigenvalue weighted by atomic mass is 127. The summed E-state index contributed by atoms with van der Waals surface area (Å²) in [5.41, 5.74) is 7.99. The minimum absolute atomic E-state index is 0.339. The van der Waals surface area contributed by atoms with Gasteiger partial charge in [0, 0.05) is 12.0 Å². The van der Waals surface area contributed by atoms with E-state index >= 15 is 0 Å². The summed E-state index contributed by atoms with van der Waals surface area (Å²) in [7, 11) is 0. The highest BCUT2D eigenvalue weighted by molar-refractivity contribution is 14.1. The van der Waals surface area contributed by atoms with Crippen LogP contribution in [-0.2, 0) is 6.42 Å². The zero-order chi connectivity index (χ0) is 11.5. The number of halogens is 2. The van der Waals surface area contributed by atoms with Gasteiger partial charge in [-0.05, 0) is 50.7 Å². The van der Waals surface area contributed by atoms with Crippen molar-refractivity contribution in [3.63, 3.8) is 0 Å². The van der Waals surface area contributed by atoms with Crippen LogP contribution in [0, 0.1) is 7.40 Å². The summed E-state index contributed by atoms with van der Waals surface area (Å²) in [4.78, 5) is 8.36.